The van der Waals surface area contributed by atoms with Crippen LogP contribution in [-0.2, 0) is 14.3 Å². The van der Waals surface area contributed by atoms with Crippen molar-refractivity contribution in [2.45, 2.75) is 19.4 Å². The second-order valence-electron chi connectivity index (χ2n) is 4.13. The molecule has 0 aromatic carbocycles. The number of methoxy groups -OCH3 is 1. The molecule has 0 saturated carbocycles. The second kappa shape index (κ2) is 7.24. The van der Waals surface area contributed by atoms with E-state index in [-0.39, 0.29) is 17.9 Å². The van der Waals surface area contributed by atoms with Crippen molar-refractivity contribution in [3.63, 3.8) is 0 Å². The van der Waals surface area contributed by atoms with Crippen molar-refractivity contribution in [1.29, 1.82) is 0 Å². The monoisotopic (exact) mass is 243 g/mol. The molecule has 1 unspecified atom stereocenters. The zero-order chi connectivity index (χ0) is 12.7. The van der Waals surface area contributed by atoms with E-state index in [0.29, 0.717) is 26.2 Å². The molecule has 0 aromatic rings. The number of amides is 2. The minimum Gasteiger partial charge on any atom is -0.385 e. The van der Waals surface area contributed by atoms with Crippen molar-refractivity contribution in [3.05, 3.63) is 0 Å². The fraction of sp³-hybridized carbons (Fsp3) is 0.818. The van der Waals surface area contributed by atoms with E-state index in [0.717, 1.165) is 13.0 Å². The first kappa shape index (κ1) is 13.9. The Bertz CT molecular complexity index is 271. The van der Waals surface area contributed by atoms with Gasteiger partial charge in [-0.2, -0.15) is 0 Å². The zero-order valence-corrected chi connectivity index (χ0v) is 10.5. The molecule has 2 N–H and O–H groups in total. The summed E-state index contributed by atoms with van der Waals surface area (Å²) in [5.74, 6) is -0.0499. The molecule has 1 aliphatic rings. The van der Waals surface area contributed by atoms with E-state index in [1.807, 2.05) is 11.8 Å². The maximum absolute atomic E-state index is 11.8. The minimum absolute atomic E-state index is 0.0183. The number of rotatable bonds is 6. The summed E-state index contributed by atoms with van der Waals surface area (Å²) in [4.78, 5) is 24.9. The fourth-order valence-electron chi connectivity index (χ4n) is 1.73. The van der Waals surface area contributed by atoms with Gasteiger partial charge in [-0.25, -0.2) is 0 Å². The van der Waals surface area contributed by atoms with Crippen LogP contribution in [-0.4, -0.2) is 62.7 Å². The van der Waals surface area contributed by atoms with Crippen molar-refractivity contribution >= 4 is 11.8 Å². The first-order valence-electron chi connectivity index (χ1n) is 5.92. The Morgan fingerprint density at radius 3 is 3.06 bits per heavy atom. The normalized spacial score (nSPS) is 18.6. The lowest BCUT2D eigenvalue weighted by atomic mass is 10.2. The predicted molar refractivity (Wildman–Crippen MR) is 63.5 cm³/mol. The molecule has 6 nitrogen and oxygen atoms in total. The average molecular weight is 243 g/mol. The third-order valence-electron chi connectivity index (χ3n) is 2.82. The standard InChI is InChI=1S/C11H21N3O3/c1-9(11(16)13-4-3-7-17-2)14-6-5-12-10(15)8-14/h9H,3-8H2,1-2H3,(H,12,15)(H,13,16). The molecule has 98 valence electrons. The summed E-state index contributed by atoms with van der Waals surface area (Å²) in [6, 6.07) is -0.261. The number of piperazine rings is 1. The predicted octanol–water partition coefficient (Wildman–Crippen LogP) is -1.04. The first-order chi connectivity index (χ1) is 8.15. The highest BCUT2D eigenvalue weighted by Crippen LogP contribution is 2.01. The van der Waals surface area contributed by atoms with Gasteiger partial charge in [0.15, 0.2) is 0 Å². The van der Waals surface area contributed by atoms with E-state index >= 15 is 0 Å². The van der Waals surface area contributed by atoms with Crippen LogP contribution in [0.3, 0.4) is 0 Å². The maximum Gasteiger partial charge on any atom is 0.237 e. The fourth-order valence-corrected chi connectivity index (χ4v) is 1.73. The molecule has 0 aromatic heterocycles. The van der Waals surface area contributed by atoms with Gasteiger partial charge in [0.05, 0.1) is 12.6 Å². The van der Waals surface area contributed by atoms with Gasteiger partial charge in [-0.1, -0.05) is 0 Å². The lowest BCUT2D eigenvalue weighted by Crippen LogP contribution is -2.55. The van der Waals surface area contributed by atoms with E-state index < -0.39 is 0 Å². The van der Waals surface area contributed by atoms with Gasteiger partial charge in [0, 0.05) is 33.4 Å². The molecule has 1 saturated heterocycles. The molecule has 6 heteroatoms. The first-order valence-corrected chi connectivity index (χ1v) is 5.92. The third-order valence-corrected chi connectivity index (χ3v) is 2.82. The highest BCUT2D eigenvalue weighted by molar-refractivity contribution is 5.83. The van der Waals surface area contributed by atoms with Crippen molar-refractivity contribution in [1.82, 2.24) is 15.5 Å². The number of hydrogen-bond donors (Lipinski definition) is 2. The SMILES string of the molecule is COCCCNC(=O)C(C)N1CCNC(=O)C1. The molecular weight excluding hydrogens is 222 g/mol. The van der Waals surface area contributed by atoms with E-state index in [2.05, 4.69) is 10.6 Å². The molecule has 1 fully saturated rings. The molecule has 1 rings (SSSR count). The van der Waals surface area contributed by atoms with Crippen LogP contribution in [0.5, 0.6) is 0 Å². The van der Waals surface area contributed by atoms with E-state index in [1.54, 1.807) is 7.11 Å². The van der Waals surface area contributed by atoms with Crippen LogP contribution in [0.25, 0.3) is 0 Å². The highest BCUT2D eigenvalue weighted by Gasteiger charge is 2.25. The van der Waals surface area contributed by atoms with E-state index in [1.165, 1.54) is 0 Å². The molecule has 1 heterocycles. The summed E-state index contributed by atoms with van der Waals surface area (Å²) in [6.07, 6.45) is 0.801. The number of hydrogen-bond acceptors (Lipinski definition) is 4. The zero-order valence-electron chi connectivity index (χ0n) is 10.5. The molecule has 2 amide bonds. The van der Waals surface area contributed by atoms with Crippen molar-refractivity contribution in [2.24, 2.45) is 0 Å². The summed E-state index contributed by atoms with van der Waals surface area (Å²) in [6.45, 7) is 4.70. The van der Waals surface area contributed by atoms with Crippen LogP contribution in [0.1, 0.15) is 13.3 Å². The Labute approximate surface area is 102 Å². The van der Waals surface area contributed by atoms with Crippen molar-refractivity contribution in [3.8, 4) is 0 Å². The highest BCUT2D eigenvalue weighted by atomic mass is 16.5. The number of nitrogens with zero attached hydrogens (tertiary/aromatic N) is 1. The molecule has 1 atom stereocenters. The van der Waals surface area contributed by atoms with Gasteiger partial charge in [-0.05, 0) is 13.3 Å². The minimum atomic E-state index is -0.261. The van der Waals surface area contributed by atoms with Crippen LogP contribution in [0.4, 0.5) is 0 Å². The Balaban J connectivity index is 2.27. The Morgan fingerprint density at radius 1 is 1.65 bits per heavy atom. The summed E-state index contributed by atoms with van der Waals surface area (Å²) in [5, 5.41) is 5.57. The van der Waals surface area contributed by atoms with Crippen LogP contribution in [0.15, 0.2) is 0 Å². The summed E-state index contributed by atoms with van der Waals surface area (Å²) < 4.78 is 4.90. The lowest BCUT2D eigenvalue weighted by molar-refractivity contribution is -0.130. The van der Waals surface area contributed by atoms with Gasteiger partial charge < -0.3 is 15.4 Å². The second-order valence-corrected chi connectivity index (χ2v) is 4.13. The largest absolute Gasteiger partial charge is 0.385 e. The van der Waals surface area contributed by atoms with Gasteiger partial charge in [-0.3, -0.25) is 14.5 Å². The van der Waals surface area contributed by atoms with Crippen LogP contribution in [0, 0.1) is 0 Å². The van der Waals surface area contributed by atoms with Crippen LogP contribution >= 0.6 is 0 Å². The smallest absolute Gasteiger partial charge is 0.237 e. The quantitative estimate of drug-likeness (QED) is 0.585. The summed E-state index contributed by atoms with van der Waals surface area (Å²) in [7, 11) is 1.64. The number of carbonyl (C=O) groups is 2. The van der Waals surface area contributed by atoms with E-state index in [4.69, 9.17) is 4.74 Å². The summed E-state index contributed by atoms with van der Waals surface area (Å²) >= 11 is 0. The Kier molecular flexibility index (Phi) is 5.93. The third kappa shape index (κ3) is 4.70. The van der Waals surface area contributed by atoms with Gasteiger partial charge in [0.1, 0.15) is 0 Å². The Hall–Kier alpha value is -1.14. The van der Waals surface area contributed by atoms with E-state index in [9.17, 15) is 9.59 Å². The van der Waals surface area contributed by atoms with Crippen molar-refractivity contribution < 1.29 is 14.3 Å². The number of nitrogens with one attached hydrogen (secondary N) is 2. The molecule has 17 heavy (non-hydrogen) atoms. The molecule has 0 radical (unpaired) electrons. The molecule has 1 aliphatic heterocycles. The van der Waals surface area contributed by atoms with Gasteiger partial charge in [-0.15, -0.1) is 0 Å². The lowest BCUT2D eigenvalue weighted by Gasteiger charge is -2.31. The topological polar surface area (TPSA) is 70.7 Å². The van der Waals surface area contributed by atoms with Gasteiger partial charge in [0.25, 0.3) is 0 Å². The summed E-state index contributed by atoms with van der Waals surface area (Å²) in [5.41, 5.74) is 0. The van der Waals surface area contributed by atoms with Crippen LogP contribution in [0.2, 0.25) is 0 Å². The molecule has 0 spiro atoms. The van der Waals surface area contributed by atoms with Crippen molar-refractivity contribution in [2.75, 3.05) is 39.9 Å². The van der Waals surface area contributed by atoms with Gasteiger partial charge >= 0.3 is 0 Å². The number of carbonyl (C=O) groups excluding carboxylic acids is 2. The number of ether oxygens (including phenoxy) is 1. The molecular formula is C11H21N3O3. The maximum atomic E-state index is 11.8. The average Bonchev–Trinajstić information content (AvgIpc) is 2.33. The van der Waals surface area contributed by atoms with Gasteiger partial charge in [0.2, 0.25) is 11.8 Å². The molecule has 0 bridgehead atoms. The molecule has 0 aliphatic carbocycles. The van der Waals surface area contributed by atoms with Crippen LogP contribution < -0.4 is 10.6 Å². The Morgan fingerprint density at radius 2 is 2.41 bits per heavy atom.